The van der Waals surface area contributed by atoms with E-state index in [0.717, 1.165) is 5.82 Å². The van der Waals surface area contributed by atoms with Gasteiger partial charge in [-0.25, -0.2) is 4.98 Å². The standard InChI is InChI=1S/C10H18N4/c1-8(10-11-7-12-14-10)13-9-5-3-2-4-6-9/h7-9,13H,2-6H2,1H3,(H,11,12,14). The third-order valence-electron chi connectivity index (χ3n) is 2.93. The van der Waals surface area contributed by atoms with Gasteiger partial charge in [-0.3, -0.25) is 5.10 Å². The Bertz CT molecular complexity index is 251. The van der Waals surface area contributed by atoms with Crippen molar-refractivity contribution in [3.63, 3.8) is 0 Å². The summed E-state index contributed by atoms with van der Waals surface area (Å²) in [4.78, 5) is 4.15. The maximum absolute atomic E-state index is 4.15. The Kier molecular flexibility index (Phi) is 3.14. The first-order valence-corrected chi connectivity index (χ1v) is 5.47. The highest BCUT2D eigenvalue weighted by Crippen LogP contribution is 2.19. The third-order valence-corrected chi connectivity index (χ3v) is 2.93. The average molecular weight is 194 g/mol. The SMILES string of the molecule is CC(NC1CCCCC1)c1ncn[nH]1. The van der Waals surface area contributed by atoms with Crippen molar-refractivity contribution in [3.8, 4) is 0 Å². The lowest BCUT2D eigenvalue weighted by Crippen LogP contribution is -2.33. The third kappa shape index (κ3) is 2.32. The number of H-pyrrole nitrogens is 1. The fourth-order valence-corrected chi connectivity index (χ4v) is 2.13. The minimum atomic E-state index is 0.292. The van der Waals surface area contributed by atoms with Crippen molar-refractivity contribution in [2.24, 2.45) is 0 Å². The van der Waals surface area contributed by atoms with Gasteiger partial charge in [-0.1, -0.05) is 19.3 Å². The molecule has 1 saturated carbocycles. The van der Waals surface area contributed by atoms with Crippen LogP contribution >= 0.6 is 0 Å². The van der Waals surface area contributed by atoms with E-state index in [4.69, 9.17) is 0 Å². The van der Waals surface area contributed by atoms with Crippen molar-refractivity contribution < 1.29 is 0 Å². The number of rotatable bonds is 3. The van der Waals surface area contributed by atoms with Crippen molar-refractivity contribution in [3.05, 3.63) is 12.2 Å². The summed E-state index contributed by atoms with van der Waals surface area (Å²) in [5, 5.41) is 10.4. The number of hydrogen-bond acceptors (Lipinski definition) is 3. The van der Waals surface area contributed by atoms with Crippen LogP contribution in [0.3, 0.4) is 0 Å². The van der Waals surface area contributed by atoms with Crippen LogP contribution in [0.25, 0.3) is 0 Å². The molecule has 1 aliphatic rings. The maximum Gasteiger partial charge on any atom is 0.141 e. The molecular formula is C10H18N4. The summed E-state index contributed by atoms with van der Waals surface area (Å²) >= 11 is 0. The normalized spacial score (nSPS) is 20.9. The van der Waals surface area contributed by atoms with Crippen molar-refractivity contribution in [2.45, 2.75) is 51.1 Å². The van der Waals surface area contributed by atoms with Crippen molar-refractivity contribution in [2.75, 3.05) is 0 Å². The van der Waals surface area contributed by atoms with Gasteiger partial charge in [0.1, 0.15) is 12.2 Å². The molecule has 4 heteroatoms. The summed E-state index contributed by atoms with van der Waals surface area (Å²) in [7, 11) is 0. The van der Waals surface area contributed by atoms with E-state index in [1.165, 1.54) is 32.1 Å². The molecule has 14 heavy (non-hydrogen) atoms. The zero-order valence-corrected chi connectivity index (χ0v) is 8.66. The zero-order chi connectivity index (χ0) is 9.80. The highest BCUT2D eigenvalue weighted by molar-refractivity contribution is 4.90. The molecule has 1 fully saturated rings. The van der Waals surface area contributed by atoms with Crippen LogP contribution in [0.2, 0.25) is 0 Å². The van der Waals surface area contributed by atoms with Crippen LogP contribution in [0.15, 0.2) is 6.33 Å². The van der Waals surface area contributed by atoms with Gasteiger partial charge in [0.05, 0.1) is 6.04 Å². The quantitative estimate of drug-likeness (QED) is 0.771. The Labute approximate surface area is 84.5 Å². The molecule has 4 nitrogen and oxygen atoms in total. The van der Waals surface area contributed by atoms with Crippen LogP contribution in [0, 0.1) is 0 Å². The van der Waals surface area contributed by atoms with E-state index in [1.54, 1.807) is 6.33 Å². The fraction of sp³-hybridized carbons (Fsp3) is 0.800. The van der Waals surface area contributed by atoms with Crippen molar-refractivity contribution in [1.82, 2.24) is 20.5 Å². The van der Waals surface area contributed by atoms with Crippen LogP contribution in [-0.2, 0) is 0 Å². The molecule has 1 aliphatic carbocycles. The van der Waals surface area contributed by atoms with E-state index in [9.17, 15) is 0 Å². The fourth-order valence-electron chi connectivity index (χ4n) is 2.13. The second-order valence-corrected chi connectivity index (χ2v) is 4.09. The molecule has 0 amide bonds. The van der Waals surface area contributed by atoms with Gasteiger partial charge in [-0.2, -0.15) is 5.10 Å². The minimum absolute atomic E-state index is 0.292. The smallest absolute Gasteiger partial charge is 0.141 e. The summed E-state index contributed by atoms with van der Waals surface area (Å²) in [6.07, 6.45) is 8.29. The molecule has 1 aromatic heterocycles. The highest BCUT2D eigenvalue weighted by Gasteiger charge is 2.17. The molecule has 1 aromatic rings. The topological polar surface area (TPSA) is 53.6 Å². The van der Waals surface area contributed by atoms with Crippen LogP contribution < -0.4 is 5.32 Å². The molecule has 1 heterocycles. The predicted octanol–water partition coefficient (Wildman–Crippen LogP) is 1.79. The number of aromatic nitrogens is 3. The van der Waals surface area contributed by atoms with Gasteiger partial charge < -0.3 is 5.32 Å². The second-order valence-electron chi connectivity index (χ2n) is 4.09. The first-order chi connectivity index (χ1) is 6.86. The van der Waals surface area contributed by atoms with Gasteiger partial charge in [-0.15, -0.1) is 0 Å². The van der Waals surface area contributed by atoms with Crippen LogP contribution in [0.5, 0.6) is 0 Å². The summed E-state index contributed by atoms with van der Waals surface area (Å²) < 4.78 is 0. The largest absolute Gasteiger partial charge is 0.305 e. The van der Waals surface area contributed by atoms with E-state index in [2.05, 4.69) is 27.4 Å². The molecular weight excluding hydrogens is 176 g/mol. The first kappa shape index (κ1) is 9.65. The van der Waals surface area contributed by atoms with Gasteiger partial charge in [0.2, 0.25) is 0 Å². The molecule has 0 radical (unpaired) electrons. The lowest BCUT2D eigenvalue weighted by atomic mass is 9.95. The van der Waals surface area contributed by atoms with E-state index in [1.807, 2.05) is 0 Å². The molecule has 1 atom stereocenters. The van der Waals surface area contributed by atoms with E-state index in [0.29, 0.717) is 12.1 Å². The molecule has 0 saturated heterocycles. The molecule has 78 valence electrons. The number of nitrogens with zero attached hydrogens (tertiary/aromatic N) is 2. The van der Waals surface area contributed by atoms with Gasteiger partial charge in [0.15, 0.2) is 0 Å². The molecule has 2 N–H and O–H groups in total. The van der Waals surface area contributed by atoms with Gasteiger partial charge in [0.25, 0.3) is 0 Å². The van der Waals surface area contributed by atoms with Gasteiger partial charge >= 0.3 is 0 Å². The Hall–Kier alpha value is -0.900. The van der Waals surface area contributed by atoms with Gasteiger partial charge in [0, 0.05) is 6.04 Å². The molecule has 0 aliphatic heterocycles. The van der Waals surface area contributed by atoms with Crippen molar-refractivity contribution in [1.29, 1.82) is 0 Å². The monoisotopic (exact) mass is 194 g/mol. The first-order valence-electron chi connectivity index (χ1n) is 5.47. The summed E-state index contributed by atoms with van der Waals surface area (Å²) in [5.74, 6) is 0.940. The van der Waals surface area contributed by atoms with Crippen LogP contribution in [-0.4, -0.2) is 21.2 Å². The molecule has 2 rings (SSSR count). The van der Waals surface area contributed by atoms with Crippen LogP contribution in [0.1, 0.15) is 50.9 Å². The average Bonchev–Trinajstić information content (AvgIpc) is 2.72. The molecule has 0 bridgehead atoms. The highest BCUT2D eigenvalue weighted by atomic mass is 15.2. The van der Waals surface area contributed by atoms with E-state index in [-0.39, 0.29) is 0 Å². The van der Waals surface area contributed by atoms with Crippen molar-refractivity contribution >= 4 is 0 Å². The predicted molar refractivity (Wildman–Crippen MR) is 54.8 cm³/mol. The summed E-state index contributed by atoms with van der Waals surface area (Å²) in [6, 6.07) is 0.962. The lowest BCUT2D eigenvalue weighted by Gasteiger charge is -2.25. The Morgan fingerprint density at radius 1 is 1.43 bits per heavy atom. The molecule has 0 spiro atoms. The Balaban J connectivity index is 1.84. The summed E-state index contributed by atoms with van der Waals surface area (Å²) in [6.45, 7) is 2.13. The van der Waals surface area contributed by atoms with Gasteiger partial charge in [-0.05, 0) is 19.8 Å². The lowest BCUT2D eigenvalue weighted by molar-refractivity contribution is 0.342. The maximum atomic E-state index is 4.15. The minimum Gasteiger partial charge on any atom is -0.305 e. The Morgan fingerprint density at radius 2 is 2.21 bits per heavy atom. The number of aromatic amines is 1. The van der Waals surface area contributed by atoms with Crippen LogP contribution in [0.4, 0.5) is 0 Å². The summed E-state index contributed by atoms with van der Waals surface area (Å²) in [5.41, 5.74) is 0. The second kappa shape index (κ2) is 4.55. The molecule has 0 aromatic carbocycles. The van der Waals surface area contributed by atoms with E-state index < -0.39 is 0 Å². The Morgan fingerprint density at radius 3 is 2.86 bits per heavy atom. The molecule has 1 unspecified atom stereocenters. The van der Waals surface area contributed by atoms with E-state index >= 15 is 0 Å². The zero-order valence-electron chi connectivity index (χ0n) is 8.66. The number of hydrogen-bond donors (Lipinski definition) is 2. The number of nitrogens with one attached hydrogen (secondary N) is 2.